The third kappa shape index (κ3) is 21.0. The lowest BCUT2D eigenvalue weighted by Crippen LogP contribution is -2.48. The number of nitrogens with zero attached hydrogens (tertiary/aromatic N) is 4. The maximum absolute atomic E-state index is 14.1. The summed E-state index contributed by atoms with van der Waals surface area (Å²) in [5.74, 6) is -2.02. The van der Waals surface area contributed by atoms with E-state index in [1.807, 2.05) is 91.9 Å². The summed E-state index contributed by atoms with van der Waals surface area (Å²) in [6.45, 7) is 6.35. The number of carbonyl (C=O) groups excluding carboxylic acids is 4. The monoisotopic (exact) mass is 1000 g/mol. The van der Waals surface area contributed by atoms with Gasteiger partial charge in [0, 0.05) is 49.1 Å². The molecule has 5 aromatic rings. The smallest absolute Gasteiger partial charge is 0.305 e. The predicted octanol–water partition coefficient (Wildman–Crippen LogP) is 5.70. The molecule has 1 heterocycles. The highest BCUT2D eigenvalue weighted by molar-refractivity contribution is 6.11. The van der Waals surface area contributed by atoms with Crippen LogP contribution in [0.15, 0.2) is 114 Å². The van der Waals surface area contributed by atoms with E-state index in [0.29, 0.717) is 88.9 Å². The summed E-state index contributed by atoms with van der Waals surface area (Å²) in [5, 5.41) is 28.9. The van der Waals surface area contributed by atoms with E-state index < -0.39 is 29.9 Å². The molecule has 20 nitrogen and oxygen atoms in total. The molecule has 0 saturated heterocycles. The molecule has 0 radical (unpaired) electrons. The van der Waals surface area contributed by atoms with Crippen molar-refractivity contribution in [3.8, 4) is 11.1 Å². The van der Waals surface area contributed by atoms with Crippen LogP contribution >= 0.6 is 0 Å². The van der Waals surface area contributed by atoms with E-state index in [9.17, 15) is 29.1 Å². The Labute approximate surface area is 424 Å². The summed E-state index contributed by atoms with van der Waals surface area (Å²) < 4.78 is 27.4. The van der Waals surface area contributed by atoms with E-state index >= 15 is 0 Å². The van der Waals surface area contributed by atoms with E-state index in [0.717, 1.165) is 33.5 Å². The molecule has 4 aromatic carbocycles. The first-order valence-corrected chi connectivity index (χ1v) is 24.2. The molecule has 4 amide bonds. The minimum absolute atomic E-state index is 0.189. The van der Waals surface area contributed by atoms with Crippen molar-refractivity contribution in [1.82, 2.24) is 26.3 Å². The van der Waals surface area contributed by atoms with E-state index in [-0.39, 0.29) is 57.3 Å². The van der Waals surface area contributed by atoms with E-state index in [4.69, 9.17) is 29.2 Å². The van der Waals surface area contributed by atoms with Crippen LogP contribution in [0.2, 0.25) is 0 Å². The van der Waals surface area contributed by atoms with Gasteiger partial charge < -0.3 is 55.4 Å². The third-order valence-electron chi connectivity index (χ3n) is 11.1. The quantitative estimate of drug-likeness (QED) is 0.0123. The first-order valence-electron chi connectivity index (χ1n) is 24.2. The molecular weight excluding hydrogens is 939 g/mol. The van der Waals surface area contributed by atoms with Crippen LogP contribution in [0.25, 0.3) is 32.3 Å². The Hall–Kier alpha value is -7.45. The molecule has 0 aliphatic carbocycles. The van der Waals surface area contributed by atoms with E-state index in [1.54, 1.807) is 24.4 Å². The second-order valence-electron chi connectivity index (χ2n) is 16.6. The third-order valence-corrected chi connectivity index (χ3v) is 11.1. The molecule has 0 aliphatic rings. The molecule has 0 fully saturated rings. The van der Waals surface area contributed by atoms with Gasteiger partial charge in [-0.2, -0.15) is 0 Å². The van der Waals surface area contributed by atoms with Crippen LogP contribution in [0.4, 0.5) is 5.82 Å². The van der Waals surface area contributed by atoms with Gasteiger partial charge in [-0.1, -0.05) is 90.0 Å². The van der Waals surface area contributed by atoms with Crippen molar-refractivity contribution in [1.29, 1.82) is 0 Å². The number of ether oxygens (including phenoxy) is 5. The van der Waals surface area contributed by atoms with Crippen molar-refractivity contribution in [3.63, 3.8) is 0 Å². The number of fused-ring (bicyclic) bond motifs is 1. The maximum Gasteiger partial charge on any atom is 0.305 e. The topological polar surface area (TPSA) is 274 Å². The van der Waals surface area contributed by atoms with Gasteiger partial charge in [-0.05, 0) is 75.7 Å². The van der Waals surface area contributed by atoms with E-state index in [1.165, 1.54) is 0 Å². The van der Waals surface area contributed by atoms with Gasteiger partial charge in [-0.25, -0.2) is 4.98 Å². The van der Waals surface area contributed by atoms with Crippen molar-refractivity contribution in [2.24, 2.45) is 5.11 Å². The largest absolute Gasteiger partial charge is 0.481 e. The number of aromatic nitrogens is 1. The lowest BCUT2D eigenvalue weighted by molar-refractivity contribution is -0.138. The zero-order valence-electron chi connectivity index (χ0n) is 41.1. The fourth-order valence-corrected chi connectivity index (χ4v) is 7.48. The standard InChI is InChI=1S/C53H65N9O11/c1-38-19-21-56-48(34-38)55-20-7-12-49(63)58-37-50(64)60-46(36-51(65)66)41-15-13-40(14-16-41)42-17-18-45(44-11-6-5-10-43(42)44)52(67)61-47(35-39-8-3-2-4-9-39)53(68)57-22-24-69-26-28-71-30-32-73-33-31-72-29-27-70-25-23-59-62-54/h2-6,8-11,13-19,21,34,46-47H,7,12,20,22-33,35-37H2,1H3,(H,55,56)(H,57,68)(H,58,63)(H,60,64)(H,61,67)(H,65,66). The van der Waals surface area contributed by atoms with Crippen LogP contribution in [0.1, 0.15) is 52.4 Å². The van der Waals surface area contributed by atoms with Crippen molar-refractivity contribution in [3.05, 3.63) is 142 Å². The second kappa shape index (κ2) is 32.5. The number of benzene rings is 4. The molecule has 0 bridgehead atoms. The summed E-state index contributed by atoms with van der Waals surface area (Å²) in [4.78, 5) is 71.9. The summed E-state index contributed by atoms with van der Waals surface area (Å²) in [6, 6.07) is 29.6. The number of amides is 4. The van der Waals surface area contributed by atoms with E-state index in [2.05, 4.69) is 41.6 Å². The molecule has 0 spiro atoms. The van der Waals surface area contributed by atoms with Gasteiger partial charge in [0.15, 0.2) is 0 Å². The molecule has 388 valence electrons. The number of carboxylic acids is 1. The summed E-state index contributed by atoms with van der Waals surface area (Å²) >= 11 is 0. The zero-order valence-corrected chi connectivity index (χ0v) is 41.1. The molecule has 2 atom stereocenters. The van der Waals surface area contributed by atoms with Gasteiger partial charge in [-0.15, -0.1) is 0 Å². The number of pyridine rings is 1. The molecule has 0 saturated carbocycles. The highest BCUT2D eigenvalue weighted by Gasteiger charge is 2.24. The van der Waals surface area contributed by atoms with Crippen molar-refractivity contribution in [2.75, 3.05) is 97.6 Å². The molecule has 5 rings (SSSR count). The van der Waals surface area contributed by atoms with Crippen molar-refractivity contribution in [2.45, 2.75) is 44.7 Å². The van der Waals surface area contributed by atoms with Gasteiger partial charge in [0.2, 0.25) is 17.7 Å². The Morgan fingerprint density at radius 3 is 2.00 bits per heavy atom. The normalized spacial score (nSPS) is 11.7. The van der Waals surface area contributed by atoms with Crippen LogP contribution in [0.5, 0.6) is 0 Å². The minimum atomic E-state index is -1.11. The Morgan fingerprint density at radius 2 is 1.34 bits per heavy atom. The average molecular weight is 1000 g/mol. The zero-order chi connectivity index (χ0) is 51.9. The molecule has 73 heavy (non-hydrogen) atoms. The number of carbonyl (C=O) groups is 5. The van der Waals surface area contributed by atoms with Crippen LogP contribution in [0, 0.1) is 6.92 Å². The predicted molar refractivity (Wildman–Crippen MR) is 275 cm³/mol. The minimum Gasteiger partial charge on any atom is -0.481 e. The first-order chi connectivity index (χ1) is 35.6. The molecule has 2 unspecified atom stereocenters. The number of rotatable bonds is 35. The number of aliphatic carboxylic acids is 1. The molecule has 1 aromatic heterocycles. The van der Waals surface area contributed by atoms with Crippen LogP contribution in [-0.2, 0) is 49.3 Å². The molecule has 0 aliphatic heterocycles. The SMILES string of the molecule is Cc1ccnc(NCCCC(=O)NCC(=O)NC(CC(=O)O)c2ccc(-c3ccc(C(=O)NC(Cc4ccccc4)C(=O)NCCOCCOCCOCCOCCOCCN=[N+]=[N-])c4ccccc34)cc2)c1. The number of azide groups is 1. The number of hydrogen-bond acceptors (Lipinski definition) is 13. The average Bonchev–Trinajstić information content (AvgIpc) is 3.39. The summed E-state index contributed by atoms with van der Waals surface area (Å²) in [5.41, 5.74) is 12.7. The molecule has 20 heteroatoms. The highest BCUT2D eigenvalue weighted by Crippen LogP contribution is 2.32. The molecule has 6 N–H and O–H groups in total. The fourth-order valence-electron chi connectivity index (χ4n) is 7.48. The van der Waals surface area contributed by atoms with Crippen LogP contribution < -0.4 is 26.6 Å². The number of nitrogens with one attached hydrogen (secondary N) is 5. The Morgan fingerprint density at radius 1 is 0.699 bits per heavy atom. The van der Waals surface area contributed by atoms with Crippen molar-refractivity contribution >= 4 is 46.2 Å². The van der Waals surface area contributed by atoms with Gasteiger partial charge in [-0.3, -0.25) is 24.0 Å². The number of hydrogen-bond donors (Lipinski definition) is 6. The lowest BCUT2D eigenvalue weighted by Gasteiger charge is -2.20. The Balaban J connectivity index is 1.09. The maximum atomic E-state index is 14.1. The lowest BCUT2D eigenvalue weighted by atomic mass is 9.93. The Bertz CT molecular complexity index is 2560. The number of carboxylic acid groups (broad SMARTS) is 1. The van der Waals surface area contributed by atoms with Crippen LogP contribution in [0.3, 0.4) is 0 Å². The first kappa shape index (κ1) is 56.5. The van der Waals surface area contributed by atoms with Gasteiger partial charge in [0.05, 0.1) is 85.1 Å². The highest BCUT2D eigenvalue weighted by atomic mass is 16.6. The van der Waals surface area contributed by atoms with Gasteiger partial charge in [0.25, 0.3) is 5.91 Å². The van der Waals surface area contributed by atoms with Crippen molar-refractivity contribution < 1.29 is 52.8 Å². The van der Waals surface area contributed by atoms with Crippen LogP contribution in [-0.4, -0.2) is 138 Å². The number of anilines is 1. The van der Waals surface area contributed by atoms with Gasteiger partial charge in [0.1, 0.15) is 11.9 Å². The van der Waals surface area contributed by atoms with Gasteiger partial charge >= 0.3 is 5.97 Å². The second-order valence-corrected chi connectivity index (χ2v) is 16.6. The fraction of sp³-hybridized carbons (Fsp3) is 0.396. The Kier molecular flexibility index (Phi) is 25.1. The summed E-state index contributed by atoms with van der Waals surface area (Å²) in [6.07, 6.45) is 2.29. The number of aryl methyl sites for hydroxylation is 1. The summed E-state index contributed by atoms with van der Waals surface area (Å²) in [7, 11) is 0. The molecular formula is C53H65N9O11.